The van der Waals surface area contributed by atoms with Gasteiger partial charge in [0.1, 0.15) is 17.6 Å². The number of ether oxygens (including phenoxy) is 2. The van der Waals surface area contributed by atoms with Gasteiger partial charge in [-0.2, -0.15) is 5.26 Å². The Labute approximate surface area is 175 Å². The van der Waals surface area contributed by atoms with Gasteiger partial charge in [-0.3, -0.25) is 14.9 Å². The van der Waals surface area contributed by atoms with Gasteiger partial charge < -0.3 is 24.6 Å². The Bertz CT molecular complexity index is 1110. The maximum Gasteiger partial charge on any atom is 0.315 e. The van der Waals surface area contributed by atoms with E-state index in [0.29, 0.717) is 0 Å². The molecular formula is C19H17FN4O7. The highest BCUT2D eigenvalue weighted by Gasteiger charge is 2.26. The summed E-state index contributed by atoms with van der Waals surface area (Å²) >= 11 is 0. The van der Waals surface area contributed by atoms with Crippen LogP contribution in [0.15, 0.2) is 30.0 Å². The molecule has 0 aliphatic rings. The predicted molar refractivity (Wildman–Crippen MR) is 104 cm³/mol. The van der Waals surface area contributed by atoms with Crippen molar-refractivity contribution < 1.29 is 33.8 Å². The number of nitrogens with zero attached hydrogens (tertiary/aromatic N) is 4. The fourth-order valence-corrected chi connectivity index (χ4v) is 2.58. The molecule has 0 atom stereocenters. The molecule has 0 aliphatic heterocycles. The molecule has 162 valence electrons. The van der Waals surface area contributed by atoms with Crippen molar-refractivity contribution in [3.8, 4) is 23.4 Å². The van der Waals surface area contributed by atoms with Gasteiger partial charge in [-0.25, -0.2) is 9.37 Å². The smallest absolute Gasteiger partial charge is 0.315 e. The number of nitriles is 1. The summed E-state index contributed by atoms with van der Waals surface area (Å²) in [7, 11) is 3.72. The Morgan fingerprint density at radius 3 is 2.58 bits per heavy atom. The highest BCUT2D eigenvalue weighted by Crippen LogP contribution is 2.38. The number of carbonyl (C=O) groups is 1. The summed E-state index contributed by atoms with van der Waals surface area (Å²) < 4.78 is 23.7. The van der Waals surface area contributed by atoms with Crippen LogP contribution in [0.1, 0.15) is 11.1 Å². The quantitative estimate of drug-likeness (QED) is 0.220. The average molecular weight is 432 g/mol. The standard InChI is InChI=1S/C19H17FN4O7/c1-23(9-11-6-16(31-3)22-8-13(11)20)19(27)12(7-21)17(25)10-4-14(24(28)29)18(26)15(5-10)30-2/h4-6,8,25-26H,9H2,1-3H3/b17-12-. The molecule has 1 aromatic heterocycles. The lowest BCUT2D eigenvalue weighted by atomic mass is 10.1. The zero-order chi connectivity index (χ0) is 23.3. The molecule has 1 heterocycles. The van der Waals surface area contributed by atoms with E-state index in [-0.39, 0.29) is 29.3 Å². The van der Waals surface area contributed by atoms with E-state index in [1.54, 1.807) is 0 Å². The number of hydrogen-bond acceptors (Lipinski definition) is 9. The van der Waals surface area contributed by atoms with Crippen LogP contribution in [0, 0.1) is 27.3 Å². The largest absolute Gasteiger partial charge is 0.506 e. The van der Waals surface area contributed by atoms with Crippen LogP contribution in [0.25, 0.3) is 5.76 Å². The summed E-state index contributed by atoms with van der Waals surface area (Å²) in [6.45, 7) is -0.291. The summed E-state index contributed by atoms with van der Waals surface area (Å²) in [5, 5.41) is 40.8. The van der Waals surface area contributed by atoms with Crippen molar-refractivity contribution in [2.45, 2.75) is 6.54 Å². The number of hydrogen-bond donors (Lipinski definition) is 2. The molecule has 0 spiro atoms. The van der Waals surface area contributed by atoms with Crippen LogP contribution >= 0.6 is 0 Å². The Morgan fingerprint density at radius 2 is 2.03 bits per heavy atom. The first kappa shape index (κ1) is 22.9. The van der Waals surface area contributed by atoms with Crippen LogP contribution in [0.2, 0.25) is 0 Å². The minimum Gasteiger partial charge on any atom is -0.506 e. The van der Waals surface area contributed by atoms with E-state index in [1.165, 1.54) is 26.3 Å². The van der Waals surface area contributed by atoms with Crippen LogP contribution < -0.4 is 9.47 Å². The molecule has 0 saturated heterocycles. The van der Waals surface area contributed by atoms with Gasteiger partial charge in [0.2, 0.25) is 11.6 Å². The molecule has 2 rings (SSSR count). The van der Waals surface area contributed by atoms with Gasteiger partial charge in [0.15, 0.2) is 11.3 Å². The van der Waals surface area contributed by atoms with Gasteiger partial charge >= 0.3 is 5.69 Å². The minimum atomic E-state index is -0.982. The number of methoxy groups -OCH3 is 2. The Kier molecular flexibility index (Phi) is 6.94. The third-order valence-electron chi connectivity index (χ3n) is 4.18. The zero-order valence-electron chi connectivity index (χ0n) is 16.6. The lowest BCUT2D eigenvalue weighted by molar-refractivity contribution is -0.386. The number of benzene rings is 1. The van der Waals surface area contributed by atoms with Crippen LogP contribution in [0.5, 0.6) is 17.4 Å². The number of aromatic hydroxyl groups is 1. The van der Waals surface area contributed by atoms with Crippen molar-refractivity contribution >= 4 is 17.4 Å². The van der Waals surface area contributed by atoms with Crippen molar-refractivity contribution in [3.05, 3.63) is 57.0 Å². The Hall–Kier alpha value is -4.40. The van der Waals surface area contributed by atoms with Crippen molar-refractivity contribution in [3.63, 3.8) is 0 Å². The van der Waals surface area contributed by atoms with Crippen LogP contribution in [0.3, 0.4) is 0 Å². The number of rotatable bonds is 7. The second kappa shape index (κ2) is 9.40. The number of carbonyl (C=O) groups excluding carboxylic acids is 1. The summed E-state index contributed by atoms with van der Waals surface area (Å²) in [4.78, 5) is 27.6. The number of nitro groups is 1. The number of halogens is 1. The number of nitro benzene ring substituents is 1. The van der Waals surface area contributed by atoms with Gasteiger partial charge in [0.05, 0.1) is 25.3 Å². The molecule has 0 fully saturated rings. The fourth-order valence-electron chi connectivity index (χ4n) is 2.58. The minimum absolute atomic E-state index is 0.0430. The number of phenolic OH excluding ortho intramolecular Hbond substituents is 1. The van der Waals surface area contributed by atoms with Crippen molar-refractivity contribution in [1.82, 2.24) is 9.88 Å². The molecule has 2 aromatic rings. The van der Waals surface area contributed by atoms with Crippen molar-refractivity contribution in [2.24, 2.45) is 0 Å². The molecular weight excluding hydrogens is 415 g/mol. The molecule has 0 aliphatic carbocycles. The first-order valence-corrected chi connectivity index (χ1v) is 8.47. The predicted octanol–water partition coefficient (Wildman–Crippen LogP) is 2.30. The summed E-state index contributed by atoms with van der Waals surface area (Å²) in [5.74, 6) is -3.60. The topological polar surface area (TPSA) is 159 Å². The third kappa shape index (κ3) is 4.78. The van der Waals surface area contributed by atoms with Crippen molar-refractivity contribution in [1.29, 1.82) is 5.26 Å². The lowest BCUT2D eigenvalue weighted by Gasteiger charge is -2.18. The maximum absolute atomic E-state index is 14.0. The lowest BCUT2D eigenvalue weighted by Crippen LogP contribution is -2.28. The van der Waals surface area contributed by atoms with E-state index >= 15 is 0 Å². The van der Waals surface area contributed by atoms with Gasteiger partial charge in [-0.15, -0.1) is 0 Å². The van der Waals surface area contributed by atoms with Crippen LogP contribution in [-0.4, -0.2) is 52.2 Å². The van der Waals surface area contributed by atoms with E-state index in [4.69, 9.17) is 9.47 Å². The maximum atomic E-state index is 14.0. The number of aliphatic hydroxyl groups is 1. The van der Waals surface area contributed by atoms with Gasteiger partial charge in [-0.05, 0) is 6.07 Å². The number of aliphatic hydroxyl groups excluding tert-OH is 1. The monoisotopic (exact) mass is 432 g/mol. The number of amides is 1. The highest BCUT2D eigenvalue weighted by molar-refractivity contribution is 6.03. The fraction of sp³-hybridized carbons (Fsp3) is 0.211. The number of aromatic nitrogens is 1. The van der Waals surface area contributed by atoms with E-state index in [2.05, 4.69) is 4.98 Å². The molecule has 0 bridgehead atoms. The summed E-state index contributed by atoms with van der Waals surface area (Å²) in [6, 6.07) is 4.61. The SMILES string of the molecule is COc1cc(CN(C)C(=O)/C(C#N)=C(\O)c2cc(OC)c(O)c([N+](=O)[O-])c2)c(F)cn1. The molecule has 2 N–H and O–H groups in total. The molecule has 1 aromatic carbocycles. The first-order valence-electron chi connectivity index (χ1n) is 8.47. The molecule has 0 unspecified atom stereocenters. The van der Waals surface area contributed by atoms with E-state index in [0.717, 1.165) is 30.3 Å². The van der Waals surface area contributed by atoms with E-state index < -0.39 is 39.4 Å². The first-order chi connectivity index (χ1) is 14.6. The Balaban J connectivity index is 2.46. The average Bonchev–Trinajstić information content (AvgIpc) is 2.75. The third-order valence-corrected chi connectivity index (χ3v) is 4.18. The number of likely N-dealkylation sites (N-methyl/N-ethyl adjacent to an activating group) is 1. The molecule has 1 amide bonds. The molecule has 0 saturated carbocycles. The number of phenols is 1. The summed E-state index contributed by atoms with van der Waals surface area (Å²) in [6.07, 6.45) is 0.910. The second-order valence-corrected chi connectivity index (χ2v) is 6.12. The van der Waals surface area contributed by atoms with E-state index in [1.807, 2.05) is 0 Å². The van der Waals surface area contributed by atoms with Gasteiger partial charge in [-0.1, -0.05) is 0 Å². The van der Waals surface area contributed by atoms with Crippen molar-refractivity contribution in [2.75, 3.05) is 21.3 Å². The number of pyridine rings is 1. The Morgan fingerprint density at radius 1 is 1.35 bits per heavy atom. The highest BCUT2D eigenvalue weighted by atomic mass is 19.1. The molecule has 0 radical (unpaired) electrons. The normalized spacial score (nSPS) is 11.2. The zero-order valence-corrected chi connectivity index (χ0v) is 16.6. The van der Waals surface area contributed by atoms with E-state index in [9.17, 15) is 34.8 Å². The molecule has 11 nitrogen and oxygen atoms in total. The van der Waals surface area contributed by atoms with Gasteiger partial charge in [0, 0.05) is 36.9 Å². The molecule has 31 heavy (non-hydrogen) atoms. The second-order valence-electron chi connectivity index (χ2n) is 6.12. The molecule has 12 heteroatoms. The summed E-state index contributed by atoms with van der Waals surface area (Å²) in [5.41, 5.74) is -1.83. The van der Waals surface area contributed by atoms with Gasteiger partial charge in [0.25, 0.3) is 5.91 Å². The van der Waals surface area contributed by atoms with Crippen LogP contribution in [0.4, 0.5) is 10.1 Å². The van der Waals surface area contributed by atoms with Crippen LogP contribution in [-0.2, 0) is 11.3 Å².